The number of esters is 1. The molecule has 0 bridgehead atoms. The molecule has 0 aromatic heterocycles. The van der Waals surface area contributed by atoms with Gasteiger partial charge in [0.15, 0.2) is 0 Å². The molecular weight excluding hydrogens is 252 g/mol. The minimum atomic E-state index is -1.40. The Morgan fingerprint density at radius 1 is 1.11 bits per heavy atom. The van der Waals surface area contributed by atoms with Crippen molar-refractivity contribution in [3.8, 4) is 11.5 Å². The van der Waals surface area contributed by atoms with E-state index in [0.717, 1.165) is 5.56 Å². The fraction of sp³-hybridized carbons (Fsp3) is 0.438. The van der Waals surface area contributed by atoms with Gasteiger partial charge in [-0.2, -0.15) is 0 Å². The Morgan fingerprint density at radius 2 is 1.63 bits per heavy atom. The summed E-state index contributed by atoms with van der Waals surface area (Å²) < 4.78 is 4.67. The highest BCUT2D eigenvalue weighted by atomic mass is 28.3. The summed E-state index contributed by atoms with van der Waals surface area (Å²) in [6.07, 6.45) is 0. The largest absolute Gasteiger partial charge is 0.465 e. The Bertz CT molecular complexity index is 467. The van der Waals surface area contributed by atoms with E-state index in [4.69, 9.17) is 0 Å². The van der Waals surface area contributed by atoms with Crippen LogP contribution < -0.4 is 0 Å². The van der Waals surface area contributed by atoms with Crippen molar-refractivity contribution in [3.05, 3.63) is 35.4 Å². The molecule has 0 saturated carbocycles. The molecule has 0 N–H and O–H groups in total. The van der Waals surface area contributed by atoms with Crippen molar-refractivity contribution < 1.29 is 9.53 Å². The van der Waals surface area contributed by atoms with Crippen LogP contribution in [0, 0.1) is 11.5 Å². The SMILES string of the molecule is CC[Si](C#Cc1ccc(C(=O)OC)cc1)(CC)CC. The van der Waals surface area contributed by atoms with Crippen LogP contribution in [0.25, 0.3) is 0 Å². The number of hydrogen-bond acceptors (Lipinski definition) is 2. The third kappa shape index (κ3) is 3.97. The molecule has 0 heterocycles. The molecule has 0 fully saturated rings. The first-order valence-electron chi connectivity index (χ1n) is 6.82. The van der Waals surface area contributed by atoms with E-state index < -0.39 is 8.07 Å². The molecule has 3 heteroatoms. The number of methoxy groups -OCH3 is 1. The molecule has 2 nitrogen and oxygen atoms in total. The molecule has 0 aliphatic rings. The van der Waals surface area contributed by atoms with Crippen LogP contribution >= 0.6 is 0 Å². The quantitative estimate of drug-likeness (QED) is 0.473. The molecule has 1 aromatic carbocycles. The van der Waals surface area contributed by atoms with Crippen LogP contribution in [0.15, 0.2) is 24.3 Å². The predicted octanol–water partition coefficient (Wildman–Crippen LogP) is 3.87. The lowest BCUT2D eigenvalue weighted by Crippen LogP contribution is -2.29. The summed E-state index contributed by atoms with van der Waals surface area (Å²) in [6.45, 7) is 6.73. The first-order valence-corrected chi connectivity index (χ1v) is 9.44. The Kier molecular flexibility index (Phi) is 5.84. The van der Waals surface area contributed by atoms with E-state index in [-0.39, 0.29) is 5.97 Å². The van der Waals surface area contributed by atoms with E-state index in [1.54, 1.807) is 12.1 Å². The van der Waals surface area contributed by atoms with Gasteiger partial charge in [-0.05, 0) is 42.4 Å². The Hall–Kier alpha value is -1.53. The van der Waals surface area contributed by atoms with E-state index >= 15 is 0 Å². The minimum Gasteiger partial charge on any atom is -0.465 e. The maximum absolute atomic E-state index is 11.3. The molecule has 0 spiro atoms. The van der Waals surface area contributed by atoms with E-state index in [0.29, 0.717) is 5.56 Å². The maximum Gasteiger partial charge on any atom is 0.337 e. The number of ether oxygens (including phenoxy) is 1. The van der Waals surface area contributed by atoms with Gasteiger partial charge >= 0.3 is 5.97 Å². The molecule has 0 saturated heterocycles. The first kappa shape index (κ1) is 15.5. The molecule has 0 unspecified atom stereocenters. The molecular formula is C16H22O2Si. The molecule has 1 aromatic rings. The minimum absolute atomic E-state index is 0.307. The third-order valence-corrected chi connectivity index (χ3v) is 8.52. The van der Waals surface area contributed by atoms with Crippen LogP contribution in [-0.2, 0) is 4.74 Å². The van der Waals surface area contributed by atoms with Gasteiger partial charge in [0.25, 0.3) is 0 Å². The fourth-order valence-electron chi connectivity index (χ4n) is 2.03. The zero-order chi connectivity index (χ0) is 14.3. The number of hydrogen-bond donors (Lipinski definition) is 0. The zero-order valence-corrected chi connectivity index (χ0v) is 13.2. The van der Waals surface area contributed by atoms with Crippen molar-refractivity contribution >= 4 is 14.0 Å². The van der Waals surface area contributed by atoms with Gasteiger partial charge in [-0.1, -0.05) is 26.7 Å². The van der Waals surface area contributed by atoms with Gasteiger partial charge in [0.05, 0.1) is 12.7 Å². The van der Waals surface area contributed by atoms with Gasteiger partial charge in [-0.15, -0.1) is 5.54 Å². The summed E-state index contributed by atoms with van der Waals surface area (Å²) in [5.74, 6) is 2.98. The maximum atomic E-state index is 11.3. The van der Waals surface area contributed by atoms with Crippen molar-refractivity contribution in [2.45, 2.75) is 38.9 Å². The van der Waals surface area contributed by atoms with Gasteiger partial charge in [-0.25, -0.2) is 4.79 Å². The average molecular weight is 274 g/mol. The number of benzene rings is 1. The Morgan fingerprint density at radius 3 is 2.05 bits per heavy atom. The molecule has 1 rings (SSSR count). The fourth-order valence-corrected chi connectivity index (χ4v) is 4.47. The van der Waals surface area contributed by atoms with Crippen molar-refractivity contribution in [2.24, 2.45) is 0 Å². The summed E-state index contributed by atoms with van der Waals surface area (Å²) in [6, 6.07) is 10.9. The van der Waals surface area contributed by atoms with Crippen molar-refractivity contribution in [2.75, 3.05) is 7.11 Å². The zero-order valence-electron chi connectivity index (χ0n) is 12.2. The lowest BCUT2D eigenvalue weighted by molar-refractivity contribution is 0.0601. The summed E-state index contributed by atoms with van der Waals surface area (Å²) in [5.41, 5.74) is 5.07. The van der Waals surface area contributed by atoms with Crippen LogP contribution in [0.2, 0.25) is 18.1 Å². The molecule has 0 aliphatic carbocycles. The van der Waals surface area contributed by atoms with Crippen LogP contribution in [-0.4, -0.2) is 21.2 Å². The molecule has 0 atom stereocenters. The van der Waals surface area contributed by atoms with Crippen LogP contribution in [0.5, 0.6) is 0 Å². The second kappa shape index (κ2) is 7.15. The topological polar surface area (TPSA) is 26.3 Å². The van der Waals surface area contributed by atoms with E-state index in [1.807, 2.05) is 12.1 Å². The van der Waals surface area contributed by atoms with Crippen LogP contribution in [0.3, 0.4) is 0 Å². The third-order valence-electron chi connectivity index (χ3n) is 3.81. The number of rotatable bonds is 4. The van der Waals surface area contributed by atoms with E-state index in [1.165, 1.54) is 25.2 Å². The highest BCUT2D eigenvalue weighted by Crippen LogP contribution is 2.19. The average Bonchev–Trinajstić information content (AvgIpc) is 2.49. The summed E-state index contributed by atoms with van der Waals surface area (Å²) >= 11 is 0. The smallest absolute Gasteiger partial charge is 0.337 e. The summed E-state index contributed by atoms with van der Waals surface area (Å²) in [7, 11) is -0.00658. The summed E-state index contributed by atoms with van der Waals surface area (Å²) in [4.78, 5) is 11.3. The highest BCUT2D eigenvalue weighted by Gasteiger charge is 2.24. The Labute approximate surface area is 117 Å². The monoisotopic (exact) mass is 274 g/mol. The van der Waals surface area contributed by atoms with Gasteiger partial charge < -0.3 is 4.74 Å². The number of carbonyl (C=O) groups is 1. The second-order valence-corrected chi connectivity index (χ2v) is 9.59. The van der Waals surface area contributed by atoms with Crippen molar-refractivity contribution in [1.29, 1.82) is 0 Å². The second-order valence-electron chi connectivity index (χ2n) is 4.66. The normalized spacial score (nSPS) is 10.5. The van der Waals surface area contributed by atoms with Crippen LogP contribution in [0.1, 0.15) is 36.7 Å². The van der Waals surface area contributed by atoms with Gasteiger partial charge in [-0.3, -0.25) is 0 Å². The van der Waals surface area contributed by atoms with Crippen LogP contribution in [0.4, 0.5) is 0 Å². The summed E-state index contributed by atoms with van der Waals surface area (Å²) in [5, 5.41) is 0. The molecule has 0 amide bonds. The lowest BCUT2D eigenvalue weighted by Gasteiger charge is -2.19. The lowest BCUT2D eigenvalue weighted by atomic mass is 10.1. The Balaban J connectivity index is 2.92. The molecule has 0 aliphatic heterocycles. The van der Waals surface area contributed by atoms with Crippen molar-refractivity contribution in [1.82, 2.24) is 0 Å². The standard InChI is InChI=1S/C16H22O2Si/c1-5-19(6-2,7-3)13-12-14-8-10-15(11-9-14)16(17)18-4/h8-11H,5-7H2,1-4H3. The van der Waals surface area contributed by atoms with Gasteiger partial charge in [0, 0.05) is 5.56 Å². The first-order chi connectivity index (χ1) is 9.10. The molecule has 102 valence electrons. The molecule has 0 radical (unpaired) electrons. The molecule has 19 heavy (non-hydrogen) atoms. The van der Waals surface area contributed by atoms with Gasteiger partial charge in [0.2, 0.25) is 0 Å². The van der Waals surface area contributed by atoms with E-state index in [2.05, 4.69) is 37.0 Å². The predicted molar refractivity (Wildman–Crippen MR) is 81.9 cm³/mol. The number of carbonyl (C=O) groups excluding carboxylic acids is 1. The van der Waals surface area contributed by atoms with E-state index in [9.17, 15) is 4.79 Å². The highest BCUT2D eigenvalue weighted by molar-refractivity contribution is 6.87. The van der Waals surface area contributed by atoms with Gasteiger partial charge in [0.1, 0.15) is 8.07 Å². The van der Waals surface area contributed by atoms with Crippen molar-refractivity contribution in [3.63, 3.8) is 0 Å².